The smallest absolute Gasteiger partial charge is 0.186 e. The minimum absolute atomic E-state index is 0.130. The van der Waals surface area contributed by atoms with Crippen molar-refractivity contribution in [2.75, 3.05) is 11.2 Å². The minimum atomic E-state index is 0.130. The second-order valence-corrected chi connectivity index (χ2v) is 4.13. The summed E-state index contributed by atoms with van der Waals surface area (Å²) in [5.74, 6) is 6.05. The Labute approximate surface area is 93.7 Å². The highest BCUT2D eigenvalue weighted by Gasteiger charge is 1.94. The number of hydrogen-bond donors (Lipinski definition) is 2. The van der Waals surface area contributed by atoms with E-state index in [4.69, 9.17) is 5.84 Å². The van der Waals surface area contributed by atoms with Gasteiger partial charge in [-0.25, -0.2) is 0 Å². The van der Waals surface area contributed by atoms with Crippen molar-refractivity contribution >= 4 is 28.6 Å². The van der Waals surface area contributed by atoms with Gasteiger partial charge in [0, 0.05) is 12.7 Å². The third-order valence-electron chi connectivity index (χ3n) is 1.80. The fraction of sp³-hybridized carbons (Fsp3) is 0.182. The van der Waals surface area contributed by atoms with E-state index < -0.39 is 0 Å². The Kier molecular flexibility index (Phi) is 4.93. The topological polar surface area (TPSA) is 55.1 Å². The lowest BCUT2D eigenvalue weighted by molar-refractivity contribution is -0.109. The van der Waals surface area contributed by atoms with E-state index >= 15 is 0 Å². The van der Waals surface area contributed by atoms with Gasteiger partial charge in [-0.1, -0.05) is 42.1 Å². The molecule has 0 atom stereocenters. The standard InChI is InChI=1S/C11H14N2OS/c1-9(14)15-8-4-6-10-5-2-3-7-11(10)13-12/h2-7,13H,8,12H2,1H3. The summed E-state index contributed by atoms with van der Waals surface area (Å²) in [6.07, 6.45) is 3.90. The van der Waals surface area contributed by atoms with E-state index in [1.165, 1.54) is 11.8 Å². The number of thioether (sulfide) groups is 1. The molecule has 0 aliphatic carbocycles. The number of hydrogen-bond acceptors (Lipinski definition) is 4. The normalized spacial score (nSPS) is 10.5. The fourth-order valence-electron chi connectivity index (χ4n) is 1.11. The van der Waals surface area contributed by atoms with Crippen LogP contribution in [0.25, 0.3) is 6.08 Å². The number of rotatable bonds is 4. The van der Waals surface area contributed by atoms with E-state index in [2.05, 4.69) is 5.43 Å². The molecule has 0 spiro atoms. The van der Waals surface area contributed by atoms with Gasteiger partial charge in [-0.05, 0) is 11.6 Å². The summed E-state index contributed by atoms with van der Waals surface area (Å²) >= 11 is 1.29. The van der Waals surface area contributed by atoms with E-state index in [0.717, 1.165) is 11.3 Å². The molecule has 3 N–H and O–H groups in total. The van der Waals surface area contributed by atoms with Crippen molar-refractivity contribution in [3.05, 3.63) is 35.9 Å². The Hall–Kier alpha value is -1.26. The molecule has 0 aliphatic rings. The van der Waals surface area contributed by atoms with Crippen LogP contribution in [0.15, 0.2) is 30.3 Å². The number of carbonyl (C=O) groups is 1. The zero-order valence-corrected chi connectivity index (χ0v) is 9.38. The van der Waals surface area contributed by atoms with Crippen molar-refractivity contribution in [1.29, 1.82) is 0 Å². The van der Waals surface area contributed by atoms with Crippen molar-refractivity contribution in [3.63, 3.8) is 0 Å². The van der Waals surface area contributed by atoms with Gasteiger partial charge in [0.1, 0.15) is 0 Å². The Morgan fingerprint density at radius 2 is 2.27 bits per heavy atom. The predicted molar refractivity (Wildman–Crippen MR) is 66.4 cm³/mol. The lowest BCUT2D eigenvalue weighted by Crippen LogP contribution is -2.07. The predicted octanol–water partition coefficient (Wildman–Crippen LogP) is 2.27. The lowest BCUT2D eigenvalue weighted by atomic mass is 10.2. The van der Waals surface area contributed by atoms with Crippen LogP contribution in [-0.4, -0.2) is 10.9 Å². The van der Waals surface area contributed by atoms with Crippen molar-refractivity contribution in [2.45, 2.75) is 6.92 Å². The summed E-state index contributed by atoms with van der Waals surface area (Å²) in [4.78, 5) is 10.7. The van der Waals surface area contributed by atoms with E-state index in [9.17, 15) is 4.79 Å². The Balaban J connectivity index is 2.59. The van der Waals surface area contributed by atoms with Gasteiger partial charge >= 0.3 is 0 Å². The Morgan fingerprint density at radius 3 is 2.93 bits per heavy atom. The number of hydrazine groups is 1. The molecule has 0 unspecified atom stereocenters. The van der Waals surface area contributed by atoms with Gasteiger partial charge in [0.2, 0.25) is 0 Å². The first kappa shape index (κ1) is 11.8. The number of benzene rings is 1. The summed E-state index contributed by atoms with van der Waals surface area (Å²) in [6.45, 7) is 1.56. The van der Waals surface area contributed by atoms with Gasteiger partial charge in [-0.2, -0.15) is 0 Å². The van der Waals surface area contributed by atoms with Gasteiger partial charge in [0.05, 0.1) is 5.69 Å². The van der Waals surface area contributed by atoms with Crippen LogP contribution in [0.2, 0.25) is 0 Å². The highest BCUT2D eigenvalue weighted by molar-refractivity contribution is 8.13. The molecule has 0 fully saturated rings. The second-order valence-electron chi connectivity index (χ2n) is 2.94. The first-order valence-corrected chi connectivity index (χ1v) is 5.58. The lowest BCUT2D eigenvalue weighted by Gasteiger charge is -2.03. The van der Waals surface area contributed by atoms with E-state index in [1.54, 1.807) is 6.92 Å². The molecule has 1 aromatic carbocycles. The Morgan fingerprint density at radius 1 is 1.53 bits per heavy atom. The van der Waals surface area contributed by atoms with Gasteiger partial charge in [0.25, 0.3) is 0 Å². The summed E-state index contributed by atoms with van der Waals surface area (Å²) in [6, 6.07) is 7.72. The molecule has 4 heteroatoms. The zero-order chi connectivity index (χ0) is 11.1. The van der Waals surface area contributed by atoms with Crippen LogP contribution < -0.4 is 11.3 Å². The molecule has 0 aromatic heterocycles. The minimum Gasteiger partial charge on any atom is -0.324 e. The van der Waals surface area contributed by atoms with Crippen LogP contribution in [0.4, 0.5) is 5.69 Å². The van der Waals surface area contributed by atoms with Crippen molar-refractivity contribution in [1.82, 2.24) is 0 Å². The van der Waals surface area contributed by atoms with Gasteiger partial charge in [0.15, 0.2) is 5.12 Å². The molecule has 0 heterocycles. The van der Waals surface area contributed by atoms with Gasteiger partial charge in [-0.15, -0.1) is 0 Å². The second kappa shape index (κ2) is 6.27. The fourth-order valence-corrected chi connectivity index (χ4v) is 1.54. The van der Waals surface area contributed by atoms with Gasteiger partial charge < -0.3 is 5.43 Å². The maximum absolute atomic E-state index is 10.7. The van der Waals surface area contributed by atoms with Crippen LogP contribution >= 0.6 is 11.8 Å². The molecule has 1 aromatic rings. The molecule has 0 saturated heterocycles. The van der Waals surface area contributed by atoms with Crippen LogP contribution in [0.3, 0.4) is 0 Å². The molecule has 0 aliphatic heterocycles. The van der Waals surface area contributed by atoms with Crippen LogP contribution in [0.5, 0.6) is 0 Å². The number of para-hydroxylation sites is 1. The number of nitrogens with two attached hydrogens (primary N) is 1. The summed E-state index contributed by atoms with van der Waals surface area (Å²) in [7, 11) is 0. The average Bonchev–Trinajstić information content (AvgIpc) is 2.24. The SMILES string of the molecule is CC(=O)SCC=Cc1ccccc1NN. The van der Waals surface area contributed by atoms with E-state index in [1.807, 2.05) is 36.4 Å². The number of anilines is 1. The van der Waals surface area contributed by atoms with Crippen LogP contribution in [-0.2, 0) is 4.79 Å². The van der Waals surface area contributed by atoms with Crippen molar-refractivity contribution < 1.29 is 4.79 Å². The number of carbonyl (C=O) groups excluding carboxylic acids is 1. The van der Waals surface area contributed by atoms with Crippen molar-refractivity contribution in [2.24, 2.45) is 5.84 Å². The maximum atomic E-state index is 10.7. The highest BCUT2D eigenvalue weighted by atomic mass is 32.2. The monoisotopic (exact) mass is 222 g/mol. The van der Waals surface area contributed by atoms with Crippen molar-refractivity contribution in [3.8, 4) is 0 Å². The molecular weight excluding hydrogens is 208 g/mol. The first-order valence-electron chi connectivity index (χ1n) is 4.59. The summed E-state index contributed by atoms with van der Waals surface area (Å²) in [5, 5.41) is 0.130. The molecule has 80 valence electrons. The molecule has 0 bridgehead atoms. The third kappa shape index (κ3) is 4.18. The van der Waals surface area contributed by atoms with E-state index in [-0.39, 0.29) is 5.12 Å². The third-order valence-corrected chi connectivity index (χ3v) is 2.56. The molecule has 1 rings (SSSR count). The average molecular weight is 222 g/mol. The largest absolute Gasteiger partial charge is 0.324 e. The number of nitrogen functional groups attached to an aromatic ring is 1. The summed E-state index contributed by atoms with van der Waals surface area (Å²) < 4.78 is 0. The highest BCUT2D eigenvalue weighted by Crippen LogP contribution is 2.15. The summed E-state index contributed by atoms with van der Waals surface area (Å²) in [5.41, 5.74) is 4.51. The first-order chi connectivity index (χ1) is 7.24. The molecule has 0 radical (unpaired) electrons. The molecular formula is C11H14N2OS. The molecule has 3 nitrogen and oxygen atoms in total. The maximum Gasteiger partial charge on any atom is 0.186 e. The Bertz CT molecular complexity index is 363. The number of nitrogens with one attached hydrogen (secondary N) is 1. The zero-order valence-electron chi connectivity index (χ0n) is 8.57. The molecule has 15 heavy (non-hydrogen) atoms. The quantitative estimate of drug-likeness (QED) is 0.606. The van der Waals surface area contributed by atoms with Crippen LogP contribution in [0, 0.1) is 0 Å². The van der Waals surface area contributed by atoms with E-state index in [0.29, 0.717) is 5.75 Å². The van der Waals surface area contributed by atoms with Crippen LogP contribution in [0.1, 0.15) is 12.5 Å². The molecule has 0 saturated carbocycles. The molecule has 0 amide bonds. The van der Waals surface area contributed by atoms with Gasteiger partial charge in [-0.3, -0.25) is 10.6 Å².